The number of fused-ring (bicyclic) bond motifs is 1. The quantitative estimate of drug-likeness (QED) is 0.756. The van der Waals surface area contributed by atoms with Crippen LogP contribution in [0.5, 0.6) is 0 Å². The maximum Gasteiger partial charge on any atom is 0.127 e. The number of aromatic nitrogens is 4. The normalized spacial score (nSPS) is 12.9. The van der Waals surface area contributed by atoms with Crippen LogP contribution in [-0.4, -0.2) is 25.6 Å². The van der Waals surface area contributed by atoms with Crippen molar-refractivity contribution in [1.82, 2.24) is 24.4 Å². The molecule has 0 aliphatic heterocycles. The Morgan fingerprint density at radius 2 is 2.10 bits per heavy atom. The SMILES string of the molecule is CCCNC(Cn1cnc2ccccc21)c1nccn1C. The topological polar surface area (TPSA) is 47.7 Å². The zero-order chi connectivity index (χ0) is 14.7. The van der Waals surface area contributed by atoms with Gasteiger partial charge in [0.05, 0.1) is 23.4 Å². The lowest BCUT2D eigenvalue weighted by atomic mass is 10.2. The summed E-state index contributed by atoms with van der Waals surface area (Å²) in [7, 11) is 2.04. The first-order valence-electron chi connectivity index (χ1n) is 7.40. The van der Waals surface area contributed by atoms with E-state index in [1.54, 1.807) is 0 Å². The van der Waals surface area contributed by atoms with Crippen LogP contribution in [0.4, 0.5) is 0 Å². The highest BCUT2D eigenvalue weighted by Gasteiger charge is 2.16. The van der Waals surface area contributed by atoms with Crippen LogP contribution in [0.25, 0.3) is 11.0 Å². The summed E-state index contributed by atoms with van der Waals surface area (Å²) in [6.45, 7) is 3.98. The second-order valence-corrected chi connectivity index (χ2v) is 5.29. The summed E-state index contributed by atoms with van der Waals surface area (Å²) in [5.74, 6) is 1.06. The molecular weight excluding hydrogens is 262 g/mol. The number of aryl methyl sites for hydroxylation is 1. The number of nitrogens with zero attached hydrogens (tertiary/aromatic N) is 4. The molecule has 0 bridgehead atoms. The molecule has 3 rings (SSSR count). The summed E-state index contributed by atoms with van der Waals surface area (Å²) in [5, 5.41) is 3.58. The summed E-state index contributed by atoms with van der Waals surface area (Å²) in [6.07, 6.45) is 6.85. The van der Waals surface area contributed by atoms with Crippen molar-refractivity contribution in [2.45, 2.75) is 25.9 Å². The van der Waals surface area contributed by atoms with Gasteiger partial charge in [-0.2, -0.15) is 0 Å². The zero-order valence-corrected chi connectivity index (χ0v) is 12.5. The van der Waals surface area contributed by atoms with E-state index in [2.05, 4.69) is 43.5 Å². The van der Waals surface area contributed by atoms with Crippen LogP contribution in [-0.2, 0) is 13.6 Å². The second-order valence-electron chi connectivity index (χ2n) is 5.29. The van der Waals surface area contributed by atoms with Gasteiger partial charge in [0.15, 0.2) is 0 Å². The summed E-state index contributed by atoms with van der Waals surface area (Å²) in [6, 6.07) is 8.40. The van der Waals surface area contributed by atoms with E-state index in [1.807, 2.05) is 37.9 Å². The highest BCUT2D eigenvalue weighted by molar-refractivity contribution is 5.74. The van der Waals surface area contributed by atoms with Gasteiger partial charge in [0.2, 0.25) is 0 Å². The molecule has 2 heterocycles. The Kier molecular flexibility index (Phi) is 4.01. The van der Waals surface area contributed by atoms with Gasteiger partial charge in [-0.15, -0.1) is 0 Å². The average Bonchev–Trinajstić information content (AvgIpc) is 3.10. The maximum atomic E-state index is 4.50. The Bertz CT molecular complexity index is 712. The monoisotopic (exact) mass is 283 g/mol. The summed E-state index contributed by atoms with van der Waals surface area (Å²) >= 11 is 0. The summed E-state index contributed by atoms with van der Waals surface area (Å²) in [5.41, 5.74) is 2.20. The number of benzene rings is 1. The van der Waals surface area contributed by atoms with Gasteiger partial charge in [0.1, 0.15) is 5.82 Å². The van der Waals surface area contributed by atoms with Crippen LogP contribution in [0, 0.1) is 0 Å². The Balaban J connectivity index is 1.89. The molecule has 5 nitrogen and oxygen atoms in total. The third kappa shape index (κ3) is 2.83. The Hall–Kier alpha value is -2.14. The van der Waals surface area contributed by atoms with Gasteiger partial charge in [-0.3, -0.25) is 0 Å². The molecule has 0 aliphatic rings. The lowest BCUT2D eigenvalue weighted by Gasteiger charge is -2.19. The van der Waals surface area contributed by atoms with Crippen LogP contribution in [0.3, 0.4) is 0 Å². The number of hydrogen-bond acceptors (Lipinski definition) is 3. The molecule has 0 spiro atoms. The minimum atomic E-state index is 0.183. The van der Waals surface area contributed by atoms with Crippen molar-refractivity contribution >= 4 is 11.0 Å². The third-order valence-electron chi connectivity index (χ3n) is 3.72. The molecule has 0 saturated carbocycles. The predicted molar refractivity (Wildman–Crippen MR) is 84.0 cm³/mol. The van der Waals surface area contributed by atoms with E-state index in [9.17, 15) is 0 Å². The largest absolute Gasteiger partial charge is 0.337 e. The van der Waals surface area contributed by atoms with Crippen molar-refractivity contribution in [2.24, 2.45) is 7.05 Å². The van der Waals surface area contributed by atoms with Crippen LogP contribution in [0.2, 0.25) is 0 Å². The van der Waals surface area contributed by atoms with E-state index in [-0.39, 0.29) is 6.04 Å². The molecule has 2 aromatic heterocycles. The summed E-state index contributed by atoms with van der Waals surface area (Å²) < 4.78 is 4.27. The van der Waals surface area contributed by atoms with Crippen molar-refractivity contribution in [1.29, 1.82) is 0 Å². The van der Waals surface area contributed by atoms with E-state index in [0.29, 0.717) is 0 Å². The third-order valence-corrected chi connectivity index (χ3v) is 3.72. The molecule has 0 radical (unpaired) electrons. The van der Waals surface area contributed by atoms with E-state index in [1.165, 1.54) is 0 Å². The fourth-order valence-corrected chi connectivity index (χ4v) is 2.62. The highest BCUT2D eigenvalue weighted by Crippen LogP contribution is 2.17. The molecule has 0 saturated heterocycles. The number of hydrogen-bond donors (Lipinski definition) is 1. The number of rotatable bonds is 6. The number of para-hydroxylation sites is 2. The second kappa shape index (κ2) is 6.10. The van der Waals surface area contributed by atoms with Crippen LogP contribution in [0.1, 0.15) is 25.2 Å². The smallest absolute Gasteiger partial charge is 0.127 e. The van der Waals surface area contributed by atoms with E-state index in [4.69, 9.17) is 0 Å². The van der Waals surface area contributed by atoms with Crippen molar-refractivity contribution in [3.05, 3.63) is 48.8 Å². The van der Waals surface area contributed by atoms with Gasteiger partial charge in [-0.05, 0) is 25.1 Å². The first-order chi connectivity index (χ1) is 10.3. The first-order valence-corrected chi connectivity index (χ1v) is 7.40. The van der Waals surface area contributed by atoms with Crippen molar-refractivity contribution in [3.8, 4) is 0 Å². The van der Waals surface area contributed by atoms with Gasteiger partial charge in [0, 0.05) is 26.0 Å². The fraction of sp³-hybridized carbons (Fsp3) is 0.375. The molecule has 1 aromatic carbocycles. The first kappa shape index (κ1) is 13.8. The summed E-state index contributed by atoms with van der Waals surface area (Å²) in [4.78, 5) is 8.96. The minimum Gasteiger partial charge on any atom is -0.337 e. The average molecular weight is 283 g/mol. The molecule has 0 fully saturated rings. The van der Waals surface area contributed by atoms with E-state index in [0.717, 1.165) is 36.4 Å². The molecule has 3 aromatic rings. The molecule has 5 heteroatoms. The van der Waals surface area contributed by atoms with Crippen molar-refractivity contribution in [3.63, 3.8) is 0 Å². The van der Waals surface area contributed by atoms with Gasteiger partial charge in [0.25, 0.3) is 0 Å². The van der Waals surface area contributed by atoms with E-state index < -0.39 is 0 Å². The molecule has 1 atom stereocenters. The van der Waals surface area contributed by atoms with Gasteiger partial charge in [-0.25, -0.2) is 9.97 Å². The highest BCUT2D eigenvalue weighted by atomic mass is 15.1. The molecule has 21 heavy (non-hydrogen) atoms. The van der Waals surface area contributed by atoms with Crippen LogP contribution < -0.4 is 5.32 Å². The Labute approximate surface area is 124 Å². The lowest BCUT2D eigenvalue weighted by Crippen LogP contribution is -2.28. The van der Waals surface area contributed by atoms with E-state index >= 15 is 0 Å². The van der Waals surface area contributed by atoms with Crippen LogP contribution in [0.15, 0.2) is 43.0 Å². The Morgan fingerprint density at radius 1 is 1.24 bits per heavy atom. The van der Waals surface area contributed by atoms with Crippen molar-refractivity contribution < 1.29 is 0 Å². The molecule has 0 amide bonds. The minimum absolute atomic E-state index is 0.183. The number of imidazole rings is 2. The molecular formula is C16H21N5. The zero-order valence-electron chi connectivity index (χ0n) is 12.5. The fourth-order valence-electron chi connectivity index (χ4n) is 2.62. The number of nitrogens with one attached hydrogen (secondary N) is 1. The van der Waals surface area contributed by atoms with Crippen LogP contribution >= 0.6 is 0 Å². The molecule has 1 N–H and O–H groups in total. The van der Waals surface area contributed by atoms with Gasteiger partial charge < -0.3 is 14.5 Å². The van der Waals surface area contributed by atoms with Gasteiger partial charge in [-0.1, -0.05) is 19.1 Å². The Morgan fingerprint density at radius 3 is 2.86 bits per heavy atom. The predicted octanol–water partition coefficient (Wildman–Crippen LogP) is 2.51. The molecule has 1 unspecified atom stereocenters. The van der Waals surface area contributed by atoms with Crippen molar-refractivity contribution in [2.75, 3.05) is 6.54 Å². The van der Waals surface area contributed by atoms with Gasteiger partial charge >= 0.3 is 0 Å². The lowest BCUT2D eigenvalue weighted by molar-refractivity contribution is 0.439. The maximum absolute atomic E-state index is 4.50. The molecule has 110 valence electrons. The standard InChI is InChI=1S/C16H21N5/c1-3-8-17-14(16-18-9-10-20(16)2)11-21-12-19-13-6-4-5-7-15(13)21/h4-7,9-10,12,14,17H,3,8,11H2,1-2H3. The molecule has 0 aliphatic carbocycles.